The Bertz CT molecular complexity index is 347. The first kappa shape index (κ1) is 23.6. The molecule has 1 aliphatic rings. The number of rotatable bonds is 16. The van der Waals surface area contributed by atoms with Crippen molar-refractivity contribution in [2.24, 2.45) is 0 Å². The minimum Gasteiger partial charge on any atom is -0.394 e. The maximum atomic E-state index is 9.84. The Morgan fingerprint density at radius 1 is 1.00 bits per heavy atom. The van der Waals surface area contributed by atoms with Crippen molar-refractivity contribution in [3.63, 3.8) is 0 Å². The highest BCUT2D eigenvalue weighted by atomic mass is 16.6. The van der Waals surface area contributed by atoms with E-state index in [0.29, 0.717) is 6.61 Å². The monoisotopic (exact) mass is 372 g/mol. The lowest BCUT2D eigenvalue weighted by molar-refractivity contribution is -0.0879. The molecule has 1 fully saturated rings. The number of hydrogen-bond donors (Lipinski definition) is 3. The Labute approximate surface area is 159 Å². The Hall–Kier alpha value is -0.460. The van der Waals surface area contributed by atoms with Crippen LogP contribution in [0.25, 0.3) is 0 Å². The standard InChI is InChI=1S/C21H40O5/c1-2-3-4-5-6-7-8-9-10-11-12-13-14-15-25-21-19(24)17-26-20(21)18(23)16-22/h13-14,18-24H,2-12,15-17H2,1H3/b14-13+/t18-,19+,20+,21+/m0/s1. The summed E-state index contributed by atoms with van der Waals surface area (Å²) in [5.41, 5.74) is 0. The van der Waals surface area contributed by atoms with E-state index in [2.05, 4.69) is 13.0 Å². The molecule has 1 aliphatic heterocycles. The highest BCUT2D eigenvalue weighted by molar-refractivity contribution is 4.91. The van der Waals surface area contributed by atoms with Crippen LogP contribution in [0.2, 0.25) is 0 Å². The fourth-order valence-electron chi connectivity index (χ4n) is 3.36. The molecule has 154 valence electrons. The predicted molar refractivity (Wildman–Crippen MR) is 104 cm³/mol. The Kier molecular flexibility index (Phi) is 14.1. The fraction of sp³-hybridized carbons (Fsp3) is 0.905. The predicted octanol–water partition coefficient (Wildman–Crippen LogP) is 3.35. The van der Waals surface area contributed by atoms with E-state index in [1.165, 1.54) is 64.2 Å². The molecule has 26 heavy (non-hydrogen) atoms. The molecule has 5 nitrogen and oxygen atoms in total. The summed E-state index contributed by atoms with van der Waals surface area (Å²) in [6, 6.07) is 0. The zero-order valence-corrected chi connectivity index (χ0v) is 16.5. The number of allylic oxidation sites excluding steroid dienone is 1. The van der Waals surface area contributed by atoms with Crippen LogP contribution in [-0.2, 0) is 9.47 Å². The van der Waals surface area contributed by atoms with E-state index in [-0.39, 0.29) is 6.61 Å². The van der Waals surface area contributed by atoms with Gasteiger partial charge in [-0.25, -0.2) is 0 Å². The van der Waals surface area contributed by atoms with Crippen molar-refractivity contribution in [1.29, 1.82) is 0 Å². The zero-order valence-electron chi connectivity index (χ0n) is 16.5. The largest absolute Gasteiger partial charge is 0.394 e. The summed E-state index contributed by atoms with van der Waals surface area (Å²) in [6.07, 6.45) is 15.5. The first-order valence-corrected chi connectivity index (χ1v) is 10.6. The minimum absolute atomic E-state index is 0.134. The van der Waals surface area contributed by atoms with Gasteiger partial charge in [0.1, 0.15) is 24.4 Å². The Morgan fingerprint density at radius 2 is 1.62 bits per heavy atom. The SMILES string of the molecule is CCCCCCCCCCCC/C=C/CO[C@H]1[C@@H]([C@@H](O)CO)OC[C@H]1O. The lowest BCUT2D eigenvalue weighted by atomic mass is 10.1. The lowest BCUT2D eigenvalue weighted by Crippen LogP contribution is -2.42. The average Bonchev–Trinajstić information content (AvgIpc) is 3.02. The highest BCUT2D eigenvalue weighted by Crippen LogP contribution is 2.21. The molecule has 0 aromatic heterocycles. The fourth-order valence-corrected chi connectivity index (χ4v) is 3.36. The number of unbranched alkanes of at least 4 members (excludes halogenated alkanes) is 10. The molecule has 1 heterocycles. The summed E-state index contributed by atoms with van der Waals surface area (Å²) in [5.74, 6) is 0. The second-order valence-corrected chi connectivity index (χ2v) is 7.36. The Morgan fingerprint density at radius 3 is 2.23 bits per heavy atom. The smallest absolute Gasteiger partial charge is 0.115 e. The van der Waals surface area contributed by atoms with E-state index in [1.807, 2.05) is 6.08 Å². The van der Waals surface area contributed by atoms with Crippen molar-refractivity contribution in [3.8, 4) is 0 Å². The molecule has 0 radical (unpaired) electrons. The van der Waals surface area contributed by atoms with Crippen LogP contribution in [0.4, 0.5) is 0 Å². The maximum absolute atomic E-state index is 9.84. The molecule has 0 aliphatic carbocycles. The van der Waals surface area contributed by atoms with Gasteiger partial charge in [0.25, 0.3) is 0 Å². The van der Waals surface area contributed by atoms with Crippen LogP contribution < -0.4 is 0 Å². The molecule has 5 heteroatoms. The van der Waals surface area contributed by atoms with Crippen LogP contribution >= 0.6 is 0 Å². The molecule has 0 spiro atoms. The molecule has 0 aromatic carbocycles. The topological polar surface area (TPSA) is 79.2 Å². The van der Waals surface area contributed by atoms with E-state index in [4.69, 9.17) is 14.6 Å². The van der Waals surface area contributed by atoms with Gasteiger partial charge < -0.3 is 24.8 Å². The number of ether oxygens (including phenoxy) is 2. The van der Waals surface area contributed by atoms with Gasteiger partial charge in [-0.15, -0.1) is 0 Å². The average molecular weight is 373 g/mol. The quantitative estimate of drug-likeness (QED) is 0.286. The third-order valence-electron chi connectivity index (χ3n) is 5.00. The summed E-state index contributed by atoms with van der Waals surface area (Å²) in [4.78, 5) is 0. The van der Waals surface area contributed by atoms with Crippen LogP contribution in [0.5, 0.6) is 0 Å². The Balaban J connectivity index is 1.96. The van der Waals surface area contributed by atoms with Crippen molar-refractivity contribution >= 4 is 0 Å². The van der Waals surface area contributed by atoms with Crippen LogP contribution in [0, 0.1) is 0 Å². The van der Waals surface area contributed by atoms with E-state index in [0.717, 1.165) is 6.42 Å². The summed E-state index contributed by atoms with van der Waals surface area (Å²) >= 11 is 0. The second-order valence-electron chi connectivity index (χ2n) is 7.36. The van der Waals surface area contributed by atoms with E-state index in [1.54, 1.807) is 0 Å². The van der Waals surface area contributed by atoms with Crippen molar-refractivity contribution in [3.05, 3.63) is 12.2 Å². The lowest BCUT2D eigenvalue weighted by Gasteiger charge is -2.23. The summed E-state index contributed by atoms with van der Waals surface area (Å²) < 4.78 is 10.9. The van der Waals surface area contributed by atoms with Crippen molar-refractivity contribution < 1.29 is 24.8 Å². The van der Waals surface area contributed by atoms with E-state index >= 15 is 0 Å². The van der Waals surface area contributed by atoms with Crippen molar-refractivity contribution in [2.75, 3.05) is 19.8 Å². The van der Waals surface area contributed by atoms with Gasteiger partial charge in [-0.2, -0.15) is 0 Å². The highest BCUT2D eigenvalue weighted by Gasteiger charge is 2.40. The van der Waals surface area contributed by atoms with Gasteiger partial charge in [0.15, 0.2) is 0 Å². The molecule has 0 saturated carbocycles. The van der Waals surface area contributed by atoms with Crippen molar-refractivity contribution in [1.82, 2.24) is 0 Å². The van der Waals surface area contributed by atoms with Gasteiger partial charge in [0.05, 0.1) is 19.8 Å². The summed E-state index contributed by atoms with van der Waals surface area (Å²) in [5, 5.41) is 28.5. The van der Waals surface area contributed by atoms with Crippen LogP contribution in [0.3, 0.4) is 0 Å². The second kappa shape index (κ2) is 15.6. The molecule has 4 atom stereocenters. The van der Waals surface area contributed by atoms with Gasteiger partial charge in [0, 0.05) is 0 Å². The summed E-state index contributed by atoms with van der Waals surface area (Å²) in [6.45, 7) is 2.38. The number of aliphatic hydroxyl groups is 3. The first-order valence-electron chi connectivity index (χ1n) is 10.6. The number of hydrogen-bond acceptors (Lipinski definition) is 5. The van der Waals surface area contributed by atoms with Crippen molar-refractivity contribution in [2.45, 2.75) is 102 Å². The van der Waals surface area contributed by atoms with Gasteiger partial charge in [-0.3, -0.25) is 0 Å². The molecular weight excluding hydrogens is 332 g/mol. The van der Waals surface area contributed by atoms with E-state index in [9.17, 15) is 10.2 Å². The van der Waals surface area contributed by atoms with Crippen LogP contribution in [-0.4, -0.2) is 59.6 Å². The molecule has 1 rings (SSSR count). The first-order chi connectivity index (χ1) is 12.7. The molecular formula is C21H40O5. The van der Waals surface area contributed by atoms with Gasteiger partial charge >= 0.3 is 0 Å². The zero-order chi connectivity index (χ0) is 19.0. The normalized spacial score (nSPS) is 24.5. The van der Waals surface area contributed by atoms with Gasteiger partial charge in [-0.1, -0.05) is 76.9 Å². The van der Waals surface area contributed by atoms with Crippen LogP contribution in [0.1, 0.15) is 77.6 Å². The minimum atomic E-state index is -1.02. The third kappa shape index (κ3) is 10.0. The van der Waals surface area contributed by atoms with Gasteiger partial charge in [-0.05, 0) is 12.8 Å². The molecule has 0 bridgehead atoms. The van der Waals surface area contributed by atoms with Crippen LogP contribution in [0.15, 0.2) is 12.2 Å². The summed E-state index contributed by atoms with van der Waals surface area (Å²) in [7, 11) is 0. The third-order valence-corrected chi connectivity index (χ3v) is 5.00. The molecule has 0 unspecified atom stereocenters. The maximum Gasteiger partial charge on any atom is 0.115 e. The number of aliphatic hydroxyl groups excluding tert-OH is 3. The molecule has 1 saturated heterocycles. The molecule has 3 N–H and O–H groups in total. The van der Waals surface area contributed by atoms with E-state index < -0.39 is 31.0 Å². The molecule has 0 amide bonds. The molecule has 0 aromatic rings. The van der Waals surface area contributed by atoms with Gasteiger partial charge in [0.2, 0.25) is 0 Å².